The van der Waals surface area contributed by atoms with Crippen molar-refractivity contribution in [1.82, 2.24) is 19.8 Å². The molecule has 0 spiro atoms. The second-order valence-electron chi connectivity index (χ2n) is 5.64. The number of nitrogens with one attached hydrogen (secondary N) is 1. The third kappa shape index (κ3) is 3.37. The van der Waals surface area contributed by atoms with E-state index in [0.29, 0.717) is 12.1 Å². The van der Waals surface area contributed by atoms with Gasteiger partial charge in [-0.2, -0.15) is 9.61 Å². The van der Waals surface area contributed by atoms with Crippen LogP contribution in [0, 0.1) is 0 Å². The Bertz CT molecular complexity index is 1010. The molecule has 1 N–H and O–H groups in total. The maximum Gasteiger partial charge on any atom is 0.228 e. The molecule has 6 heteroatoms. The molecule has 2 aromatic heterocycles. The van der Waals surface area contributed by atoms with Crippen molar-refractivity contribution in [2.24, 2.45) is 0 Å². The zero-order valence-electron chi connectivity index (χ0n) is 13.3. The lowest BCUT2D eigenvalue weighted by Crippen LogP contribution is -2.14. The first kappa shape index (κ1) is 15.0. The topological polar surface area (TPSA) is 72.2 Å². The van der Waals surface area contributed by atoms with Crippen LogP contribution in [0.3, 0.4) is 0 Å². The highest BCUT2D eigenvalue weighted by Crippen LogP contribution is 2.19. The highest BCUT2D eigenvalue weighted by Gasteiger charge is 2.06. The molecule has 2 aromatic carbocycles. The minimum Gasteiger partial charge on any atom is -0.326 e. The number of carbonyl (C=O) groups excluding carboxylic acids is 1. The Morgan fingerprint density at radius 3 is 2.56 bits per heavy atom. The van der Waals surface area contributed by atoms with Crippen LogP contribution < -0.4 is 5.32 Å². The van der Waals surface area contributed by atoms with Crippen molar-refractivity contribution in [3.63, 3.8) is 0 Å². The molecule has 4 rings (SSSR count). The molecule has 4 aromatic rings. The number of carbonyl (C=O) groups is 1. The van der Waals surface area contributed by atoms with Gasteiger partial charge in [-0.25, -0.2) is 0 Å². The predicted octanol–water partition coefficient (Wildman–Crippen LogP) is 2.97. The molecule has 0 fully saturated rings. The summed E-state index contributed by atoms with van der Waals surface area (Å²) in [5, 5.41) is 15.1. The SMILES string of the molecule is O=C(Cc1ccccc1)Nc1ccc(-c2ccc3nncn3n2)cc1. The largest absolute Gasteiger partial charge is 0.326 e. The molecule has 0 aliphatic rings. The molecule has 122 valence electrons. The van der Waals surface area contributed by atoms with Crippen LogP contribution in [0.15, 0.2) is 73.1 Å². The van der Waals surface area contributed by atoms with E-state index in [-0.39, 0.29) is 5.91 Å². The molecular weight excluding hydrogens is 314 g/mol. The molecule has 0 radical (unpaired) electrons. The number of nitrogens with zero attached hydrogens (tertiary/aromatic N) is 4. The van der Waals surface area contributed by atoms with Crippen molar-refractivity contribution in [2.75, 3.05) is 5.32 Å². The van der Waals surface area contributed by atoms with Crippen LogP contribution in [0.4, 0.5) is 5.69 Å². The van der Waals surface area contributed by atoms with E-state index in [1.807, 2.05) is 66.7 Å². The molecule has 0 aliphatic carbocycles. The summed E-state index contributed by atoms with van der Waals surface area (Å²) in [6.45, 7) is 0. The van der Waals surface area contributed by atoms with E-state index in [9.17, 15) is 4.79 Å². The van der Waals surface area contributed by atoms with E-state index >= 15 is 0 Å². The standard InChI is InChI=1S/C19H15N5O/c25-19(12-14-4-2-1-3-5-14)21-16-8-6-15(7-9-16)17-10-11-18-22-20-13-24(18)23-17/h1-11,13H,12H2,(H,21,25). The molecule has 0 bridgehead atoms. The lowest BCUT2D eigenvalue weighted by atomic mass is 10.1. The minimum atomic E-state index is -0.0389. The molecule has 25 heavy (non-hydrogen) atoms. The zero-order chi connectivity index (χ0) is 17.1. The number of benzene rings is 2. The third-order valence-electron chi connectivity index (χ3n) is 3.83. The number of aromatic nitrogens is 4. The maximum atomic E-state index is 12.1. The quantitative estimate of drug-likeness (QED) is 0.625. The number of rotatable bonds is 4. The first-order valence-electron chi connectivity index (χ1n) is 7.89. The van der Waals surface area contributed by atoms with Crippen LogP contribution in [0.5, 0.6) is 0 Å². The first-order chi connectivity index (χ1) is 12.3. The lowest BCUT2D eigenvalue weighted by molar-refractivity contribution is -0.115. The number of amides is 1. The summed E-state index contributed by atoms with van der Waals surface area (Å²) in [6.07, 6.45) is 1.92. The van der Waals surface area contributed by atoms with Gasteiger partial charge in [-0.3, -0.25) is 4.79 Å². The van der Waals surface area contributed by atoms with Gasteiger partial charge in [-0.1, -0.05) is 42.5 Å². The van der Waals surface area contributed by atoms with Gasteiger partial charge in [0.2, 0.25) is 5.91 Å². The van der Waals surface area contributed by atoms with Crippen LogP contribution in [-0.2, 0) is 11.2 Å². The summed E-state index contributed by atoms with van der Waals surface area (Å²) in [7, 11) is 0. The average molecular weight is 329 g/mol. The summed E-state index contributed by atoms with van der Waals surface area (Å²) < 4.78 is 1.63. The van der Waals surface area contributed by atoms with Gasteiger partial charge in [-0.15, -0.1) is 10.2 Å². The van der Waals surface area contributed by atoms with Gasteiger partial charge in [0.05, 0.1) is 12.1 Å². The van der Waals surface area contributed by atoms with E-state index in [1.165, 1.54) is 0 Å². The van der Waals surface area contributed by atoms with E-state index in [4.69, 9.17) is 0 Å². The number of hydrogen-bond donors (Lipinski definition) is 1. The molecule has 6 nitrogen and oxygen atoms in total. The Morgan fingerprint density at radius 2 is 1.76 bits per heavy atom. The van der Waals surface area contributed by atoms with Crippen molar-refractivity contribution in [3.05, 3.63) is 78.6 Å². The van der Waals surface area contributed by atoms with Crippen LogP contribution >= 0.6 is 0 Å². The molecule has 0 unspecified atom stereocenters. The lowest BCUT2D eigenvalue weighted by Gasteiger charge is -2.07. The molecule has 0 saturated heterocycles. The summed E-state index contributed by atoms with van der Waals surface area (Å²) in [4.78, 5) is 12.1. The van der Waals surface area contributed by atoms with E-state index in [0.717, 1.165) is 22.5 Å². The number of fused-ring (bicyclic) bond motifs is 1. The van der Waals surface area contributed by atoms with Gasteiger partial charge in [0, 0.05) is 11.3 Å². The van der Waals surface area contributed by atoms with Gasteiger partial charge >= 0.3 is 0 Å². The van der Waals surface area contributed by atoms with Gasteiger partial charge < -0.3 is 5.32 Å². The van der Waals surface area contributed by atoms with Crippen molar-refractivity contribution in [1.29, 1.82) is 0 Å². The molecule has 0 saturated carbocycles. The highest BCUT2D eigenvalue weighted by atomic mass is 16.1. The molecule has 0 atom stereocenters. The van der Waals surface area contributed by atoms with E-state index < -0.39 is 0 Å². The Balaban J connectivity index is 1.47. The van der Waals surface area contributed by atoms with Gasteiger partial charge in [0.25, 0.3) is 0 Å². The summed E-state index contributed by atoms with van der Waals surface area (Å²) >= 11 is 0. The van der Waals surface area contributed by atoms with Crippen LogP contribution in [0.1, 0.15) is 5.56 Å². The van der Waals surface area contributed by atoms with Crippen molar-refractivity contribution in [3.8, 4) is 11.3 Å². The zero-order valence-corrected chi connectivity index (χ0v) is 13.3. The van der Waals surface area contributed by atoms with Crippen molar-refractivity contribution >= 4 is 17.2 Å². The van der Waals surface area contributed by atoms with Gasteiger partial charge in [-0.05, 0) is 29.8 Å². The van der Waals surface area contributed by atoms with E-state index in [2.05, 4.69) is 20.6 Å². The summed E-state index contributed by atoms with van der Waals surface area (Å²) in [6, 6.07) is 21.0. The van der Waals surface area contributed by atoms with Crippen LogP contribution in [0.2, 0.25) is 0 Å². The fourth-order valence-electron chi connectivity index (χ4n) is 2.59. The number of anilines is 1. The minimum absolute atomic E-state index is 0.0389. The Labute approximate surface area is 144 Å². The Kier molecular flexibility index (Phi) is 3.92. The van der Waals surface area contributed by atoms with Crippen molar-refractivity contribution < 1.29 is 4.79 Å². The summed E-state index contributed by atoms with van der Waals surface area (Å²) in [5.74, 6) is -0.0389. The number of hydrogen-bond acceptors (Lipinski definition) is 4. The second kappa shape index (κ2) is 6.52. The molecule has 0 aliphatic heterocycles. The normalized spacial score (nSPS) is 10.7. The Morgan fingerprint density at radius 1 is 0.960 bits per heavy atom. The average Bonchev–Trinajstić information content (AvgIpc) is 3.11. The van der Waals surface area contributed by atoms with Crippen molar-refractivity contribution in [2.45, 2.75) is 6.42 Å². The molecule has 1 amide bonds. The van der Waals surface area contributed by atoms with Gasteiger partial charge in [0.15, 0.2) is 5.65 Å². The summed E-state index contributed by atoms with van der Waals surface area (Å²) in [5.41, 5.74) is 4.22. The monoisotopic (exact) mass is 329 g/mol. The third-order valence-corrected chi connectivity index (χ3v) is 3.83. The van der Waals surface area contributed by atoms with Crippen LogP contribution in [0.25, 0.3) is 16.9 Å². The second-order valence-corrected chi connectivity index (χ2v) is 5.64. The maximum absolute atomic E-state index is 12.1. The van der Waals surface area contributed by atoms with E-state index in [1.54, 1.807) is 10.8 Å². The highest BCUT2D eigenvalue weighted by molar-refractivity contribution is 5.92. The predicted molar refractivity (Wildman–Crippen MR) is 95.0 cm³/mol. The van der Waals surface area contributed by atoms with Gasteiger partial charge in [0.1, 0.15) is 6.33 Å². The Hall–Kier alpha value is -3.54. The molecule has 2 heterocycles. The van der Waals surface area contributed by atoms with Crippen LogP contribution in [-0.4, -0.2) is 25.7 Å². The smallest absolute Gasteiger partial charge is 0.228 e. The fourth-order valence-corrected chi connectivity index (χ4v) is 2.59. The first-order valence-corrected chi connectivity index (χ1v) is 7.89. The fraction of sp³-hybridized carbons (Fsp3) is 0.0526. The molecular formula is C19H15N5O.